The van der Waals surface area contributed by atoms with Crippen molar-refractivity contribution in [2.45, 2.75) is 19.5 Å². The molecule has 0 spiro atoms. The van der Waals surface area contributed by atoms with Gasteiger partial charge in [0.2, 0.25) is 0 Å². The Labute approximate surface area is 154 Å². The first kappa shape index (κ1) is 18.1. The van der Waals surface area contributed by atoms with Crippen molar-refractivity contribution in [1.29, 1.82) is 0 Å². The lowest BCUT2D eigenvalue weighted by atomic mass is 10.1. The standard InChI is InChI=1S/C18H18N6O3/c1-2-24-11-13(10-20-24)16(25)18(27)22-15(12-6-4-3-5-7-12)17(26)21-14-8-9-19-23-14/h3-11,15H,2H2,1H3,(H,22,27)(H2,19,21,23,26)/t15-/m1/s1. The minimum absolute atomic E-state index is 0.162. The van der Waals surface area contributed by atoms with Gasteiger partial charge in [0.1, 0.15) is 11.9 Å². The van der Waals surface area contributed by atoms with Gasteiger partial charge in [-0.1, -0.05) is 30.3 Å². The number of benzene rings is 1. The lowest BCUT2D eigenvalue weighted by Gasteiger charge is -2.17. The van der Waals surface area contributed by atoms with Crippen molar-refractivity contribution < 1.29 is 14.4 Å². The first-order chi connectivity index (χ1) is 13.1. The summed E-state index contributed by atoms with van der Waals surface area (Å²) in [5, 5.41) is 15.5. The van der Waals surface area contributed by atoms with Gasteiger partial charge in [-0.3, -0.25) is 24.2 Å². The Hall–Kier alpha value is -3.75. The van der Waals surface area contributed by atoms with E-state index in [0.29, 0.717) is 17.9 Å². The molecule has 1 atom stereocenters. The maximum absolute atomic E-state index is 12.7. The Morgan fingerprint density at radius 2 is 1.96 bits per heavy atom. The predicted octanol–water partition coefficient (Wildman–Crippen LogP) is 1.30. The molecule has 0 bridgehead atoms. The average Bonchev–Trinajstić information content (AvgIpc) is 3.37. The quantitative estimate of drug-likeness (QED) is 0.430. The number of rotatable bonds is 7. The fourth-order valence-electron chi connectivity index (χ4n) is 2.46. The maximum Gasteiger partial charge on any atom is 0.293 e. The van der Waals surface area contributed by atoms with Crippen LogP contribution >= 0.6 is 0 Å². The number of aryl methyl sites for hydroxylation is 1. The number of ketones is 1. The van der Waals surface area contributed by atoms with Gasteiger partial charge < -0.3 is 10.6 Å². The largest absolute Gasteiger partial charge is 0.333 e. The summed E-state index contributed by atoms with van der Waals surface area (Å²) in [6, 6.07) is 9.18. The normalized spacial score (nSPS) is 11.6. The van der Waals surface area contributed by atoms with Gasteiger partial charge in [0, 0.05) is 18.8 Å². The van der Waals surface area contributed by atoms with Crippen LogP contribution in [-0.2, 0) is 16.1 Å². The summed E-state index contributed by atoms with van der Waals surface area (Å²) in [5.74, 6) is -1.77. The number of H-pyrrole nitrogens is 1. The van der Waals surface area contributed by atoms with Gasteiger partial charge in [-0.25, -0.2) is 0 Å². The summed E-state index contributed by atoms with van der Waals surface area (Å²) in [5.41, 5.74) is 0.704. The molecular weight excluding hydrogens is 348 g/mol. The number of aromatic amines is 1. The molecule has 2 amide bonds. The molecule has 0 fully saturated rings. The van der Waals surface area contributed by atoms with E-state index in [4.69, 9.17) is 0 Å². The zero-order valence-electron chi connectivity index (χ0n) is 14.5. The van der Waals surface area contributed by atoms with E-state index < -0.39 is 23.6 Å². The molecule has 3 rings (SSSR count). The Morgan fingerprint density at radius 3 is 2.59 bits per heavy atom. The van der Waals surface area contributed by atoms with Gasteiger partial charge in [-0.2, -0.15) is 10.2 Å². The zero-order valence-corrected chi connectivity index (χ0v) is 14.5. The highest BCUT2D eigenvalue weighted by Gasteiger charge is 2.27. The molecule has 0 saturated carbocycles. The molecule has 9 heteroatoms. The molecule has 3 N–H and O–H groups in total. The fraction of sp³-hybridized carbons (Fsp3) is 0.167. The highest BCUT2D eigenvalue weighted by Crippen LogP contribution is 2.15. The lowest BCUT2D eigenvalue weighted by Crippen LogP contribution is -2.40. The molecule has 1 aromatic carbocycles. The molecule has 2 aromatic heterocycles. The number of Topliss-reactive ketones (excluding diaryl/α,β-unsaturated/α-hetero) is 1. The molecule has 2 heterocycles. The van der Waals surface area contributed by atoms with Crippen LogP contribution in [0.3, 0.4) is 0 Å². The van der Waals surface area contributed by atoms with Crippen molar-refractivity contribution in [2.75, 3.05) is 5.32 Å². The number of anilines is 1. The number of aromatic nitrogens is 4. The fourth-order valence-corrected chi connectivity index (χ4v) is 2.46. The highest BCUT2D eigenvalue weighted by molar-refractivity contribution is 6.43. The second kappa shape index (κ2) is 8.09. The number of nitrogens with one attached hydrogen (secondary N) is 3. The van der Waals surface area contributed by atoms with Crippen molar-refractivity contribution in [2.24, 2.45) is 0 Å². The molecule has 0 aliphatic rings. The van der Waals surface area contributed by atoms with Crippen LogP contribution in [0, 0.1) is 0 Å². The molecule has 0 saturated heterocycles. The monoisotopic (exact) mass is 366 g/mol. The van der Waals surface area contributed by atoms with E-state index in [0.717, 1.165) is 0 Å². The third-order valence-corrected chi connectivity index (χ3v) is 3.85. The Bertz CT molecular complexity index is 933. The Kier molecular flexibility index (Phi) is 5.41. The second-order valence-corrected chi connectivity index (χ2v) is 5.69. The van der Waals surface area contributed by atoms with Gasteiger partial charge in [-0.15, -0.1) is 0 Å². The van der Waals surface area contributed by atoms with Gasteiger partial charge >= 0.3 is 0 Å². The van der Waals surface area contributed by atoms with Gasteiger partial charge in [0.15, 0.2) is 0 Å². The third kappa shape index (κ3) is 4.27. The number of hydrogen-bond donors (Lipinski definition) is 3. The number of nitrogens with zero attached hydrogens (tertiary/aromatic N) is 3. The van der Waals surface area contributed by atoms with Crippen LogP contribution in [-0.4, -0.2) is 37.6 Å². The first-order valence-corrected chi connectivity index (χ1v) is 8.31. The Balaban J connectivity index is 1.79. The summed E-state index contributed by atoms with van der Waals surface area (Å²) in [6.45, 7) is 2.45. The van der Waals surface area contributed by atoms with Crippen molar-refractivity contribution >= 4 is 23.4 Å². The molecular formula is C18H18N6O3. The minimum atomic E-state index is -1.05. The number of amides is 2. The maximum atomic E-state index is 12.7. The topological polar surface area (TPSA) is 122 Å². The van der Waals surface area contributed by atoms with E-state index >= 15 is 0 Å². The van der Waals surface area contributed by atoms with Gasteiger partial charge in [0.25, 0.3) is 17.6 Å². The predicted molar refractivity (Wildman–Crippen MR) is 96.8 cm³/mol. The molecule has 9 nitrogen and oxygen atoms in total. The van der Waals surface area contributed by atoms with Crippen LogP contribution in [0.5, 0.6) is 0 Å². The lowest BCUT2D eigenvalue weighted by molar-refractivity contribution is -0.124. The van der Waals surface area contributed by atoms with E-state index in [1.807, 2.05) is 6.92 Å². The van der Waals surface area contributed by atoms with Crippen molar-refractivity contribution in [3.05, 3.63) is 66.1 Å². The van der Waals surface area contributed by atoms with Crippen molar-refractivity contribution in [1.82, 2.24) is 25.3 Å². The van der Waals surface area contributed by atoms with Gasteiger partial charge in [0.05, 0.1) is 18.0 Å². The molecule has 0 aliphatic carbocycles. The first-order valence-electron chi connectivity index (χ1n) is 8.31. The van der Waals surface area contributed by atoms with E-state index in [2.05, 4.69) is 25.9 Å². The van der Waals surface area contributed by atoms with Crippen LogP contribution in [0.2, 0.25) is 0 Å². The van der Waals surface area contributed by atoms with Crippen LogP contribution in [0.25, 0.3) is 0 Å². The van der Waals surface area contributed by atoms with Gasteiger partial charge in [-0.05, 0) is 12.5 Å². The second-order valence-electron chi connectivity index (χ2n) is 5.69. The summed E-state index contributed by atoms with van der Waals surface area (Å²) < 4.78 is 1.54. The van der Waals surface area contributed by atoms with E-state index in [1.165, 1.54) is 18.6 Å². The summed E-state index contributed by atoms with van der Waals surface area (Å²) in [4.78, 5) is 37.5. The molecule has 3 aromatic rings. The SMILES string of the molecule is CCn1cc(C(=O)C(=O)N[C@@H](C(=O)Nc2ccn[nH]2)c2ccccc2)cn1. The van der Waals surface area contributed by atoms with E-state index in [1.54, 1.807) is 41.1 Å². The number of carbonyl (C=O) groups excluding carboxylic acids is 3. The zero-order chi connectivity index (χ0) is 19.2. The molecule has 0 radical (unpaired) electrons. The number of hydrogen-bond acceptors (Lipinski definition) is 5. The third-order valence-electron chi connectivity index (χ3n) is 3.85. The summed E-state index contributed by atoms with van der Waals surface area (Å²) in [6.07, 6.45) is 4.30. The van der Waals surface area contributed by atoms with Crippen LogP contribution in [0.1, 0.15) is 28.9 Å². The van der Waals surface area contributed by atoms with Crippen LogP contribution in [0.15, 0.2) is 55.0 Å². The molecule has 0 unspecified atom stereocenters. The van der Waals surface area contributed by atoms with Crippen molar-refractivity contribution in [3.8, 4) is 0 Å². The van der Waals surface area contributed by atoms with Crippen molar-refractivity contribution in [3.63, 3.8) is 0 Å². The number of carbonyl (C=O) groups is 3. The summed E-state index contributed by atoms with van der Waals surface area (Å²) >= 11 is 0. The minimum Gasteiger partial charge on any atom is -0.333 e. The summed E-state index contributed by atoms with van der Waals surface area (Å²) in [7, 11) is 0. The average molecular weight is 366 g/mol. The van der Waals surface area contributed by atoms with Crippen LogP contribution in [0.4, 0.5) is 5.82 Å². The van der Waals surface area contributed by atoms with E-state index in [9.17, 15) is 14.4 Å². The highest BCUT2D eigenvalue weighted by atomic mass is 16.2. The molecule has 138 valence electrons. The smallest absolute Gasteiger partial charge is 0.293 e. The Morgan fingerprint density at radius 1 is 1.19 bits per heavy atom. The van der Waals surface area contributed by atoms with Crippen LogP contribution < -0.4 is 10.6 Å². The van der Waals surface area contributed by atoms with E-state index in [-0.39, 0.29) is 5.56 Å². The molecule has 0 aliphatic heterocycles. The molecule has 27 heavy (non-hydrogen) atoms.